The van der Waals surface area contributed by atoms with Gasteiger partial charge in [0.1, 0.15) is 0 Å². The second kappa shape index (κ2) is 7.37. The van der Waals surface area contributed by atoms with E-state index in [1.165, 1.54) is 23.1 Å². The number of nitrogens with one attached hydrogen (secondary N) is 1. The van der Waals surface area contributed by atoms with Gasteiger partial charge in [-0.15, -0.1) is 0 Å². The van der Waals surface area contributed by atoms with Crippen molar-refractivity contribution in [2.24, 2.45) is 5.92 Å². The Kier molecular flexibility index (Phi) is 6.11. The van der Waals surface area contributed by atoms with Crippen LogP contribution in [0.5, 0.6) is 0 Å². The number of hydrogen-bond acceptors (Lipinski definition) is 3. The number of carbonyl (C=O) groups excluding carboxylic acids is 2. The molecule has 96 valence electrons. The monoisotopic (exact) mass is 256 g/mol. The molecule has 4 nitrogen and oxygen atoms in total. The topological polar surface area (TPSA) is 49.4 Å². The second-order valence-corrected chi connectivity index (χ2v) is 5.24. The minimum atomic E-state index is -0.195. The molecule has 1 atom stereocenters. The van der Waals surface area contributed by atoms with Crippen molar-refractivity contribution < 1.29 is 9.59 Å². The zero-order valence-corrected chi connectivity index (χ0v) is 11.1. The van der Waals surface area contributed by atoms with Crippen LogP contribution in [-0.4, -0.2) is 47.9 Å². The van der Waals surface area contributed by atoms with Gasteiger partial charge in [-0.3, -0.25) is 9.59 Å². The third kappa shape index (κ3) is 4.81. The lowest BCUT2D eigenvalue weighted by Gasteiger charge is -2.19. The molecule has 17 heavy (non-hydrogen) atoms. The van der Waals surface area contributed by atoms with Gasteiger partial charge in [0, 0.05) is 13.1 Å². The lowest BCUT2D eigenvalue weighted by atomic mass is 10.1. The van der Waals surface area contributed by atoms with E-state index in [9.17, 15) is 9.59 Å². The maximum atomic E-state index is 11.6. The van der Waals surface area contributed by atoms with Crippen molar-refractivity contribution in [1.29, 1.82) is 0 Å². The predicted octanol–water partition coefficient (Wildman–Crippen LogP) is 0.890. The van der Waals surface area contributed by atoms with E-state index in [2.05, 4.69) is 11.9 Å². The zero-order valence-electron chi connectivity index (χ0n) is 10.3. The highest BCUT2D eigenvalue weighted by atomic mass is 32.2. The van der Waals surface area contributed by atoms with Crippen LogP contribution >= 0.6 is 11.8 Å². The maximum absolute atomic E-state index is 11.6. The first-order valence-electron chi connectivity index (χ1n) is 5.93. The Balaban J connectivity index is 2.26. The molecule has 1 aliphatic rings. The van der Waals surface area contributed by atoms with Gasteiger partial charge < -0.3 is 10.2 Å². The molecule has 1 fully saturated rings. The van der Waals surface area contributed by atoms with Gasteiger partial charge in [-0.1, -0.05) is 6.58 Å². The molecule has 0 aromatic heterocycles. The molecule has 0 radical (unpaired) electrons. The number of thioether (sulfide) groups is 1. The summed E-state index contributed by atoms with van der Waals surface area (Å²) in [5, 5.41) is 2.89. The summed E-state index contributed by atoms with van der Waals surface area (Å²) in [6, 6.07) is 0. The van der Waals surface area contributed by atoms with Crippen LogP contribution in [0.1, 0.15) is 13.3 Å². The van der Waals surface area contributed by atoms with E-state index in [-0.39, 0.29) is 18.4 Å². The molecule has 5 heteroatoms. The summed E-state index contributed by atoms with van der Waals surface area (Å²) in [7, 11) is 0. The SMILES string of the molecule is C=CC(=O)N(CC)CC(=O)NCC1CCSC1. The highest BCUT2D eigenvalue weighted by Gasteiger charge is 2.17. The van der Waals surface area contributed by atoms with Crippen LogP contribution in [0, 0.1) is 5.92 Å². The molecule has 0 aromatic carbocycles. The van der Waals surface area contributed by atoms with Crippen molar-refractivity contribution in [2.75, 3.05) is 31.1 Å². The minimum absolute atomic E-state index is 0.0843. The van der Waals surface area contributed by atoms with E-state index in [1.54, 1.807) is 0 Å². The van der Waals surface area contributed by atoms with E-state index >= 15 is 0 Å². The lowest BCUT2D eigenvalue weighted by Crippen LogP contribution is -2.41. The molecule has 0 saturated carbocycles. The van der Waals surface area contributed by atoms with Crippen molar-refractivity contribution in [3.05, 3.63) is 12.7 Å². The summed E-state index contributed by atoms with van der Waals surface area (Å²) in [5.41, 5.74) is 0. The van der Waals surface area contributed by atoms with Gasteiger partial charge in [-0.25, -0.2) is 0 Å². The first-order valence-corrected chi connectivity index (χ1v) is 7.08. The van der Waals surface area contributed by atoms with Gasteiger partial charge in [-0.2, -0.15) is 11.8 Å². The summed E-state index contributed by atoms with van der Waals surface area (Å²) in [6.45, 7) is 6.65. The summed E-state index contributed by atoms with van der Waals surface area (Å²) in [6.07, 6.45) is 2.42. The van der Waals surface area contributed by atoms with Crippen LogP contribution in [0.4, 0.5) is 0 Å². The fourth-order valence-corrected chi connectivity index (χ4v) is 2.99. The maximum Gasteiger partial charge on any atom is 0.246 e. The molecule has 2 amide bonds. The molecule has 1 rings (SSSR count). The van der Waals surface area contributed by atoms with Crippen LogP contribution in [0.15, 0.2) is 12.7 Å². The average molecular weight is 256 g/mol. The number of rotatable bonds is 6. The summed E-state index contributed by atoms with van der Waals surface area (Å²) < 4.78 is 0. The molecule has 1 saturated heterocycles. The fourth-order valence-electron chi connectivity index (χ4n) is 1.71. The van der Waals surface area contributed by atoms with Gasteiger partial charge in [-0.05, 0) is 36.8 Å². The van der Waals surface area contributed by atoms with Crippen molar-refractivity contribution in [3.8, 4) is 0 Å². The van der Waals surface area contributed by atoms with Gasteiger partial charge in [0.2, 0.25) is 11.8 Å². The Morgan fingerprint density at radius 2 is 2.35 bits per heavy atom. The highest BCUT2D eigenvalue weighted by molar-refractivity contribution is 7.99. The lowest BCUT2D eigenvalue weighted by molar-refractivity contribution is -0.132. The number of hydrogen-bond donors (Lipinski definition) is 1. The Labute approximate surface area is 107 Å². The largest absolute Gasteiger partial charge is 0.354 e. The quantitative estimate of drug-likeness (QED) is 0.718. The van der Waals surface area contributed by atoms with Crippen LogP contribution in [-0.2, 0) is 9.59 Å². The molecule has 0 aliphatic carbocycles. The van der Waals surface area contributed by atoms with Crippen LogP contribution in [0.25, 0.3) is 0 Å². The Hall–Kier alpha value is -0.970. The predicted molar refractivity (Wildman–Crippen MR) is 70.9 cm³/mol. The Bertz CT molecular complexity index is 288. The van der Waals surface area contributed by atoms with Crippen LogP contribution in [0.3, 0.4) is 0 Å². The number of nitrogens with zero attached hydrogens (tertiary/aromatic N) is 1. The third-order valence-electron chi connectivity index (χ3n) is 2.81. The van der Waals surface area contributed by atoms with Crippen molar-refractivity contribution >= 4 is 23.6 Å². The Morgan fingerprint density at radius 3 is 2.88 bits per heavy atom. The van der Waals surface area contributed by atoms with Crippen LogP contribution in [0.2, 0.25) is 0 Å². The van der Waals surface area contributed by atoms with E-state index in [0.29, 0.717) is 12.5 Å². The van der Waals surface area contributed by atoms with E-state index in [1.807, 2.05) is 18.7 Å². The van der Waals surface area contributed by atoms with Crippen LogP contribution < -0.4 is 5.32 Å². The fraction of sp³-hybridized carbons (Fsp3) is 0.667. The number of likely N-dealkylation sites (N-methyl/N-ethyl adjacent to an activating group) is 1. The summed E-state index contributed by atoms with van der Waals surface area (Å²) in [5.74, 6) is 2.63. The molecule has 1 unspecified atom stereocenters. The molecule has 1 heterocycles. The first-order chi connectivity index (χ1) is 8.17. The van der Waals surface area contributed by atoms with E-state index < -0.39 is 0 Å². The first kappa shape index (κ1) is 14.1. The molecule has 0 aromatic rings. The van der Waals surface area contributed by atoms with E-state index in [4.69, 9.17) is 0 Å². The normalized spacial score (nSPS) is 18.8. The number of carbonyl (C=O) groups is 2. The minimum Gasteiger partial charge on any atom is -0.354 e. The van der Waals surface area contributed by atoms with Gasteiger partial charge >= 0.3 is 0 Å². The number of amides is 2. The molecule has 0 spiro atoms. The van der Waals surface area contributed by atoms with Crippen molar-refractivity contribution in [1.82, 2.24) is 10.2 Å². The molecule has 0 bridgehead atoms. The average Bonchev–Trinajstić information content (AvgIpc) is 2.85. The molecule has 1 N–H and O–H groups in total. The van der Waals surface area contributed by atoms with Gasteiger partial charge in [0.25, 0.3) is 0 Å². The third-order valence-corrected chi connectivity index (χ3v) is 4.05. The molecular weight excluding hydrogens is 236 g/mol. The Morgan fingerprint density at radius 1 is 1.59 bits per heavy atom. The van der Waals surface area contributed by atoms with E-state index in [0.717, 1.165) is 12.3 Å². The van der Waals surface area contributed by atoms with Gasteiger partial charge in [0.05, 0.1) is 6.54 Å². The zero-order chi connectivity index (χ0) is 12.7. The smallest absolute Gasteiger partial charge is 0.246 e. The summed E-state index contributed by atoms with van der Waals surface area (Å²) in [4.78, 5) is 24.5. The second-order valence-electron chi connectivity index (χ2n) is 4.09. The van der Waals surface area contributed by atoms with Crippen molar-refractivity contribution in [3.63, 3.8) is 0 Å². The standard InChI is InChI=1S/C12H20N2O2S/c1-3-12(16)14(4-2)8-11(15)13-7-10-5-6-17-9-10/h3,10H,1,4-9H2,2H3,(H,13,15). The molecule has 1 aliphatic heterocycles. The van der Waals surface area contributed by atoms with Crippen molar-refractivity contribution in [2.45, 2.75) is 13.3 Å². The van der Waals surface area contributed by atoms with Gasteiger partial charge in [0.15, 0.2) is 0 Å². The highest BCUT2D eigenvalue weighted by Crippen LogP contribution is 2.22. The summed E-state index contributed by atoms with van der Waals surface area (Å²) >= 11 is 1.93. The molecular formula is C12H20N2O2S.